The van der Waals surface area contributed by atoms with Crippen molar-refractivity contribution in [1.29, 1.82) is 0 Å². The van der Waals surface area contributed by atoms with Gasteiger partial charge in [0.2, 0.25) is 0 Å². The second kappa shape index (κ2) is 2.81. The Morgan fingerprint density at radius 2 is 2.08 bits per heavy atom. The summed E-state index contributed by atoms with van der Waals surface area (Å²) in [4.78, 5) is 0. The van der Waals surface area contributed by atoms with Gasteiger partial charge in [-0.15, -0.1) is 0 Å². The Hall–Kier alpha value is -0.890. The van der Waals surface area contributed by atoms with E-state index in [1.807, 2.05) is 12.1 Å². The van der Waals surface area contributed by atoms with E-state index in [0.717, 1.165) is 18.4 Å². The van der Waals surface area contributed by atoms with Gasteiger partial charge in [0.1, 0.15) is 5.82 Å². The van der Waals surface area contributed by atoms with Crippen molar-refractivity contribution in [2.45, 2.75) is 31.7 Å². The van der Waals surface area contributed by atoms with Gasteiger partial charge in [0, 0.05) is 5.54 Å². The van der Waals surface area contributed by atoms with Crippen LogP contribution in [0.5, 0.6) is 0 Å². The lowest BCUT2D eigenvalue weighted by molar-refractivity contribution is 0.253. The molecule has 0 unspecified atom stereocenters. The van der Waals surface area contributed by atoms with Gasteiger partial charge in [-0.2, -0.15) is 0 Å². The standard InChI is InChI=1S/C11H14FN/c1-8-7-9(3-4-10(8)12)11(13)5-2-6-11/h3-4,7H,2,5-6,13H2,1H3. The second-order valence-electron chi connectivity index (χ2n) is 3.97. The van der Waals surface area contributed by atoms with Gasteiger partial charge in [-0.3, -0.25) is 0 Å². The SMILES string of the molecule is Cc1cc(C2(N)CCC2)ccc1F. The molecule has 0 aliphatic heterocycles. The van der Waals surface area contributed by atoms with Gasteiger partial charge in [-0.25, -0.2) is 4.39 Å². The molecule has 0 saturated heterocycles. The topological polar surface area (TPSA) is 26.0 Å². The summed E-state index contributed by atoms with van der Waals surface area (Å²) in [5.41, 5.74) is 7.72. The van der Waals surface area contributed by atoms with Crippen LogP contribution >= 0.6 is 0 Å². The van der Waals surface area contributed by atoms with E-state index in [1.54, 1.807) is 6.92 Å². The number of halogens is 1. The minimum Gasteiger partial charge on any atom is -0.321 e. The average molecular weight is 179 g/mol. The first-order valence-corrected chi connectivity index (χ1v) is 4.67. The summed E-state index contributed by atoms with van der Waals surface area (Å²) in [5.74, 6) is -0.147. The molecule has 0 radical (unpaired) electrons. The third kappa shape index (κ3) is 1.35. The molecular weight excluding hydrogens is 165 g/mol. The maximum absolute atomic E-state index is 13.0. The molecule has 1 aromatic carbocycles. The highest BCUT2D eigenvalue weighted by molar-refractivity contribution is 5.31. The van der Waals surface area contributed by atoms with Gasteiger partial charge in [0.15, 0.2) is 0 Å². The van der Waals surface area contributed by atoms with Crippen LogP contribution in [0.25, 0.3) is 0 Å². The first kappa shape index (κ1) is 8.70. The van der Waals surface area contributed by atoms with Gasteiger partial charge in [-0.05, 0) is 43.4 Å². The van der Waals surface area contributed by atoms with Crippen molar-refractivity contribution in [2.75, 3.05) is 0 Å². The molecule has 0 amide bonds. The number of aryl methyl sites for hydroxylation is 1. The van der Waals surface area contributed by atoms with E-state index in [9.17, 15) is 4.39 Å². The molecule has 2 heteroatoms. The number of hydrogen-bond donors (Lipinski definition) is 1. The van der Waals surface area contributed by atoms with Crippen LogP contribution in [0.3, 0.4) is 0 Å². The highest BCUT2D eigenvalue weighted by atomic mass is 19.1. The van der Waals surface area contributed by atoms with Crippen LogP contribution in [0.4, 0.5) is 4.39 Å². The normalized spacial score (nSPS) is 19.6. The molecule has 2 rings (SSSR count). The predicted molar refractivity (Wildman–Crippen MR) is 50.9 cm³/mol. The Labute approximate surface area is 77.8 Å². The Kier molecular flexibility index (Phi) is 1.88. The zero-order valence-corrected chi connectivity index (χ0v) is 7.81. The number of hydrogen-bond acceptors (Lipinski definition) is 1. The van der Waals surface area contributed by atoms with Crippen molar-refractivity contribution >= 4 is 0 Å². The summed E-state index contributed by atoms with van der Waals surface area (Å²) in [6.07, 6.45) is 3.24. The zero-order valence-electron chi connectivity index (χ0n) is 7.81. The predicted octanol–water partition coefficient (Wildman–Crippen LogP) is 2.47. The van der Waals surface area contributed by atoms with Gasteiger partial charge in [0.05, 0.1) is 0 Å². The lowest BCUT2D eigenvalue weighted by atomic mass is 9.72. The first-order chi connectivity index (χ1) is 6.12. The lowest BCUT2D eigenvalue weighted by Crippen LogP contribution is -2.43. The van der Waals surface area contributed by atoms with E-state index in [0.29, 0.717) is 5.56 Å². The fraction of sp³-hybridized carbons (Fsp3) is 0.455. The molecule has 1 aliphatic carbocycles. The summed E-state index contributed by atoms with van der Waals surface area (Å²) in [6.45, 7) is 1.78. The van der Waals surface area contributed by atoms with Crippen LogP contribution in [0.15, 0.2) is 18.2 Å². The molecule has 70 valence electrons. The Balaban J connectivity index is 2.36. The number of rotatable bonds is 1. The Morgan fingerprint density at radius 1 is 1.38 bits per heavy atom. The molecule has 0 spiro atoms. The van der Waals surface area contributed by atoms with Crippen LogP contribution in [0, 0.1) is 12.7 Å². The number of nitrogens with two attached hydrogens (primary N) is 1. The molecule has 0 heterocycles. The second-order valence-corrected chi connectivity index (χ2v) is 3.97. The summed E-state index contributed by atoms with van der Waals surface area (Å²) < 4.78 is 13.0. The summed E-state index contributed by atoms with van der Waals surface area (Å²) in [7, 11) is 0. The molecular formula is C11H14FN. The molecule has 0 bridgehead atoms. The van der Waals surface area contributed by atoms with Crippen molar-refractivity contribution in [3.63, 3.8) is 0 Å². The van der Waals surface area contributed by atoms with Crippen LogP contribution in [-0.4, -0.2) is 0 Å². The van der Waals surface area contributed by atoms with Crippen molar-refractivity contribution < 1.29 is 4.39 Å². The van der Waals surface area contributed by atoms with E-state index in [-0.39, 0.29) is 11.4 Å². The highest BCUT2D eigenvalue weighted by Crippen LogP contribution is 2.38. The maximum Gasteiger partial charge on any atom is 0.126 e. The molecule has 0 atom stereocenters. The lowest BCUT2D eigenvalue weighted by Gasteiger charge is -2.38. The average Bonchev–Trinajstić information content (AvgIpc) is 2.06. The van der Waals surface area contributed by atoms with E-state index >= 15 is 0 Å². The van der Waals surface area contributed by atoms with Crippen molar-refractivity contribution in [1.82, 2.24) is 0 Å². The van der Waals surface area contributed by atoms with Gasteiger partial charge in [-0.1, -0.05) is 12.1 Å². The zero-order chi connectivity index (χ0) is 9.47. The number of benzene rings is 1. The molecule has 0 aromatic heterocycles. The van der Waals surface area contributed by atoms with Crippen LogP contribution in [0.1, 0.15) is 30.4 Å². The minimum absolute atomic E-state index is 0.147. The van der Waals surface area contributed by atoms with Crippen LogP contribution in [-0.2, 0) is 5.54 Å². The quantitative estimate of drug-likeness (QED) is 0.704. The van der Waals surface area contributed by atoms with Crippen molar-refractivity contribution in [3.8, 4) is 0 Å². The third-order valence-corrected chi connectivity index (χ3v) is 2.98. The van der Waals surface area contributed by atoms with Crippen LogP contribution in [0.2, 0.25) is 0 Å². The smallest absolute Gasteiger partial charge is 0.126 e. The minimum atomic E-state index is -0.168. The molecule has 2 N–H and O–H groups in total. The molecule has 1 fully saturated rings. The van der Waals surface area contributed by atoms with E-state index < -0.39 is 0 Å². The summed E-state index contributed by atoms with van der Waals surface area (Å²) >= 11 is 0. The molecule has 1 nitrogen and oxygen atoms in total. The van der Waals surface area contributed by atoms with Gasteiger partial charge >= 0.3 is 0 Å². The first-order valence-electron chi connectivity index (χ1n) is 4.67. The molecule has 1 aliphatic rings. The fourth-order valence-electron chi connectivity index (χ4n) is 1.80. The summed E-state index contributed by atoms with van der Waals surface area (Å²) in [5, 5.41) is 0. The van der Waals surface area contributed by atoms with Gasteiger partial charge < -0.3 is 5.73 Å². The van der Waals surface area contributed by atoms with Gasteiger partial charge in [0.25, 0.3) is 0 Å². The Bertz CT molecular complexity index is 329. The Morgan fingerprint density at radius 3 is 2.54 bits per heavy atom. The van der Waals surface area contributed by atoms with E-state index in [2.05, 4.69) is 0 Å². The molecule has 1 aromatic rings. The fourth-order valence-corrected chi connectivity index (χ4v) is 1.80. The van der Waals surface area contributed by atoms with E-state index in [4.69, 9.17) is 5.73 Å². The third-order valence-electron chi connectivity index (χ3n) is 2.98. The summed E-state index contributed by atoms with van der Waals surface area (Å²) in [6, 6.07) is 5.19. The van der Waals surface area contributed by atoms with E-state index in [1.165, 1.54) is 12.5 Å². The van der Waals surface area contributed by atoms with Crippen LogP contribution < -0.4 is 5.73 Å². The maximum atomic E-state index is 13.0. The van der Waals surface area contributed by atoms with Crippen molar-refractivity contribution in [3.05, 3.63) is 35.1 Å². The largest absolute Gasteiger partial charge is 0.321 e. The monoisotopic (exact) mass is 179 g/mol. The molecule has 1 saturated carbocycles. The highest BCUT2D eigenvalue weighted by Gasteiger charge is 2.34. The van der Waals surface area contributed by atoms with Crippen molar-refractivity contribution in [2.24, 2.45) is 5.73 Å². The molecule has 13 heavy (non-hydrogen) atoms.